The number of aromatic nitrogens is 2. The van der Waals surface area contributed by atoms with Crippen LogP contribution < -0.4 is 0 Å². The Morgan fingerprint density at radius 3 is 2.64 bits per heavy atom. The largest absolute Gasteiger partial charge is 0.326 e. The summed E-state index contributed by atoms with van der Waals surface area (Å²) in [5, 5.41) is 11.4. The molecule has 3 aromatic carbocycles. The monoisotopic (exact) mass is 467 g/mol. The molecule has 0 saturated carbocycles. The van der Waals surface area contributed by atoms with Crippen molar-refractivity contribution in [2.24, 2.45) is 7.05 Å². The first-order valence-electron chi connectivity index (χ1n) is 10.5. The van der Waals surface area contributed by atoms with Gasteiger partial charge in [0.15, 0.2) is 5.78 Å². The molecule has 4 nitrogen and oxygen atoms in total. The van der Waals surface area contributed by atoms with Crippen molar-refractivity contribution in [1.82, 2.24) is 9.55 Å². The molecule has 0 aliphatic heterocycles. The van der Waals surface area contributed by atoms with Gasteiger partial charge in [0.2, 0.25) is 0 Å². The van der Waals surface area contributed by atoms with Crippen LogP contribution in [0.4, 0.5) is 0 Å². The maximum atomic E-state index is 13.0. The summed E-state index contributed by atoms with van der Waals surface area (Å²) in [4.78, 5) is 19.7. The first-order chi connectivity index (χ1) is 15.9. The van der Waals surface area contributed by atoms with Gasteiger partial charge in [-0.1, -0.05) is 54.1 Å². The highest BCUT2D eigenvalue weighted by atomic mass is 35.5. The highest BCUT2D eigenvalue weighted by Crippen LogP contribution is 2.36. The van der Waals surface area contributed by atoms with Crippen LogP contribution in [-0.4, -0.2) is 21.0 Å². The number of ketones is 1. The molecule has 0 saturated heterocycles. The Morgan fingerprint density at radius 2 is 1.82 bits per heavy atom. The summed E-state index contributed by atoms with van der Waals surface area (Å²) in [6.07, 6.45) is 1.80. The molecule has 0 amide bonds. The number of nitrogens with one attached hydrogen (secondary N) is 1. The van der Waals surface area contributed by atoms with E-state index in [1.807, 2.05) is 38.2 Å². The first kappa shape index (κ1) is 20.1. The summed E-state index contributed by atoms with van der Waals surface area (Å²) >= 11 is 7.75. The minimum atomic E-state index is -0.154. The quantitative estimate of drug-likeness (QED) is 0.282. The lowest BCUT2D eigenvalue weighted by Crippen LogP contribution is -1.99. The lowest BCUT2D eigenvalue weighted by Gasteiger charge is -2.06. The van der Waals surface area contributed by atoms with E-state index in [4.69, 9.17) is 22.0 Å². The lowest BCUT2D eigenvalue weighted by molar-refractivity contribution is 0.104. The van der Waals surface area contributed by atoms with E-state index in [1.54, 1.807) is 12.1 Å². The van der Waals surface area contributed by atoms with Gasteiger partial charge in [-0.2, -0.15) is 0 Å². The van der Waals surface area contributed by atoms with Crippen molar-refractivity contribution < 1.29 is 4.79 Å². The Kier molecular flexibility index (Phi) is 4.41. The topological polar surface area (TPSA) is 58.7 Å². The molecule has 5 aromatic rings. The van der Waals surface area contributed by atoms with E-state index in [2.05, 4.69) is 34.9 Å². The van der Waals surface area contributed by atoms with Crippen LogP contribution in [0.1, 0.15) is 26.4 Å². The van der Waals surface area contributed by atoms with Crippen molar-refractivity contribution in [2.75, 3.05) is 0 Å². The SMILES string of the molecule is Cc1cc2c(cc1Cl)C(=O)/C(=C\c1cc3c(nc(-c4cccc5ccccc45)n3C)s1)C2=N. The number of thiophene rings is 1. The van der Waals surface area contributed by atoms with E-state index < -0.39 is 0 Å². The van der Waals surface area contributed by atoms with E-state index >= 15 is 0 Å². The fourth-order valence-corrected chi connectivity index (χ4v) is 5.65. The lowest BCUT2D eigenvalue weighted by atomic mass is 10.0. The van der Waals surface area contributed by atoms with Gasteiger partial charge in [-0.25, -0.2) is 4.98 Å². The number of rotatable bonds is 2. The molecule has 1 N–H and O–H groups in total. The zero-order chi connectivity index (χ0) is 22.9. The minimum absolute atomic E-state index is 0.154. The molecule has 6 rings (SSSR count). The third-order valence-electron chi connectivity index (χ3n) is 6.24. The van der Waals surface area contributed by atoms with Gasteiger partial charge < -0.3 is 4.57 Å². The van der Waals surface area contributed by atoms with Gasteiger partial charge in [-0.15, -0.1) is 11.3 Å². The second kappa shape index (κ2) is 7.24. The number of allylic oxidation sites excluding steroid dienone is 1. The molecular weight excluding hydrogens is 450 g/mol. The van der Waals surface area contributed by atoms with Crippen molar-refractivity contribution in [3.8, 4) is 11.4 Å². The van der Waals surface area contributed by atoms with E-state index in [9.17, 15) is 4.79 Å². The molecule has 0 bridgehead atoms. The highest BCUT2D eigenvalue weighted by molar-refractivity contribution is 7.19. The third kappa shape index (κ3) is 3.00. The van der Waals surface area contributed by atoms with Gasteiger partial charge >= 0.3 is 0 Å². The molecule has 2 aromatic heterocycles. The summed E-state index contributed by atoms with van der Waals surface area (Å²) in [5.41, 5.74) is 4.74. The summed E-state index contributed by atoms with van der Waals surface area (Å²) in [7, 11) is 2.01. The smallest absolute Gasteiger partial charge is 0.195 e. The van der Waals surface area contributed by atoms with Gasteiger partial charge in [0.1, 0.15) is 10.7 Å². The zero-order valence-electron chi connectivity index (χ0n) is 17.9. The molecule has 0 unspecified atom stereocenters. The summed E-state index contributed by atoms with van der Waals surface area (Å²) in [6, 6.07) is 20.1. The number of carbonyl (C=O) groups excluding carboxylic acids is 1. The molecule has 0 radical (unpaired) electrons. The van der Waals surface area contributed by atoms with Crippen molar-refractivity contribution in [3.63, 3.8) is 0 Å². The highest BCUT2D eigenvalue weighted by Gasteiger charge is 2.31. The molecular formula is C27H18ClN3OS. The van der Waals surface area contributed by atoms with Crippen molar-refractivity contribution in [1.29, 1.82) is 5.41 Å². The maximum absolute atomic E-state index is 13.0. The van der Waals surface area contributed by atoms with Crippen LogP contribution in [0.2, 0.25) is 5.02 Å². The maximum Gasteiger partial charge on any atom is 0.195 e. The average Bonchev–Trinajstić information content (AvgIpc) is 3.42. The first-order valence-corrected chi connectivity index (χ1v) is 11.7. The van der Waals surface area contributed by atoms with Crippen LogP contribution in [0, 0.1) is 12.3 Å². The Balaban J connectivity index is 1.43. The second-order valence-electron chi connectivity index (χ2n) is 8.27. The van der Waals surface area contributed by atoms with E-state index in [-0.39, 0.29) is 11.5 Å². The number of aryl methyl sites for hydroxylation is 2. The van der Waals surface area contributed by atoms with E-state index in [0.717, 1.165) is 32.2 Å². The molecule has 6 heteroatoms. The predicted octanol–water partition coefficient (Wildman–Crippen LogP) is 7.06. The Hall–Kier alpha value is -3.54. The number of benzene rings is 3. The molecule has 2 heterocycles. The Labute approximate surface area is 199 Å². The van der Waals surface area contributed by atoms with Crippen LogP contribution in [0.3, 0.4) is 0 Å². The number of nitrogens with zero attached hydrogens (tertiary/aromatic N) is 2. The van der Waals surface area contributed by atoms with Gasteiger partial charge in [0, 0.05) is 39.2 Å². The van der Waals surface area contributed by atoms with Gasteiger partial charge in [-0.3, -0.25) is 10.2 Å². The Bertz CT molecular complexity index is 1640. The number of hydrogen-bond donors (Lipinski definition) is 1. The standard InChI is InChI=1S/C27H18ClN3OS/c1-14-10-19-20(13-22(14)28)25(32)21(24(19)29)11-16-12-23-27(33-16)30-26(31(23)2)18-9-5-7-15-6-3-4-8-17(15)18/h3-13,29H,1-2H3/b21-11-,29-24?. The fraction of sp³-hybridized carbons (Fsp3) is 0.0741. The van der Waals surface area contributed by atoms with Gasteiger partial charge in [-0.05, 0) is 47.5 Å². The van der Waals surface area contributed by atoms with Gasteiger partial charge in [0.05, 0.1) is 11.2 Å². The van der Waals surface area contributed by atoms with Gasteiger partial charge in [0.25, 0.3) is 0 Å². The van der Waals surface area contributed by atoms with E-state index in [0.29, 0.717) is 21.7 Å². The van der Waals surface area contributed by atoms with Crippen molar-refractivity contribution in [2.45, 2.75) is 6.92 Å². The molecule has 0 fully saturated rings. The molecule has 0 spiro atoms. The Morgan fingerprint density at radius 1 is 1.03 bits per heavy atom. The summed E-state index contributed by atoms with van der Waals surface area (Å²) in [6.45, 7) is 1.88. The number of carbonyl (C=O) groups is 1. The molecule has 0 atom stereocenters. The molecule has 33 heavy (non-hydrogen) atoms. The van der Waals surface area contributed by atoms with Crippen LogP contribution in [0.5, 0.6) is 0 Å². The normalized spacial score (nSPS) is 14.7. The predicted molar refractivity (Wildman–Crippen MR) is 137 cm³/mol. The second-order valence-corrected chi connectivity index (χ2v) is 9.74. The van der Waals surface area contributed by atoms with Crippen molar-refractivity contribution >= 4 is 61.6 Å². The zero-order valence-corrected chi connectivity index (χ0v) is 19.5. The molecule has 1 aliphatic carbocycles. The van der Waals surface area contributed by atoms with E-state index in [1.165, 1.54) is 22.1 Å². The molecule has 1 aliphatic rings. The van der Waals surface area contributed by atoms with Crippen LogP contribution >= 0.6 is 22.9 Å². The van der Waals surface area contributed by atoms with Crippen LogP contribution in [0.15, 0.2) is 66.2 Å². The number of halogens is 1. The average molecular weight is 468 g/mol. The number of imidazole rings is 1. The third-order valence-corrected chi connectivity index (χ3v) is 7.62. The number of Topliss-reactive ketones (excluding diaryl/α,β-unsaturated/α-hetero) is 1. The summed E-state index contributed by atoms with van der Waals surface area (Å²) in [5.74, 6) is 0.758. The van der Waals surface area contributed by atoms with Crippen molar-refractivity contribution in [3.05, 3.63) is 92.8 Å². The van der Waals surface area contributed by atoms with Crippen LogP contribution in [-0.2, 0) is 7.05 Å². The van der Waals surface area contributed by atoms with Crippen LogP contribution in [0.25, 0.3) is 38.6 Å². The number of fused-ring (bicyclic) bond motifs is 3. The fourth-order valence-electron chi connectivity index (χ4n) is 4.49. The molecule has 160 valence electrons. The minimum Gasteiger partial charge on any atom is -0.326 e. The summed E-state index contributed by atoms with van der Waals surface area (Å²) < 4.78 is 2.09. The number of hydrogen-bond acceptors (Lipinski definition) is 4.